The van der Waals surface area contributed by atoms with E-state index >= 15 is 0 Å². The number of alkyl halides is 2. The fourth-order valence-corrected chi connectivity index (χ4v) is 1.60. The Morgan fingerprint density at radius 3 is 2.67 bits per heavy atom. The Hall–Kier alpha value is -1.17. The molecule has 1 N–H and O–H groups in total. The summed E-state index contributed by atoms with van der Waals surface area (Å²) in [5.41, 5.74) is -0.505. The molecule has 15 heavy (non-hydrogen) atoms. The van der Waals surface area contributed by atoms with Crippen LogP contribution in [0.3, 0.4) is 0 Å². The smallest absolute Gasteiger partial charge is 0.338 e. The van der Waals surface area contributed by atoms with Gasteiger partial charge in [-0.25, -0.2) is 18.0 Å². The van der Waals surface area contributed by atoms with Crippen molar-refractivity contribution in [2.24, 2.45) is 0 Å². The summed E-state index contributed by atoms with van der Waals surface area (Å²) < 4.78 is 36.6. The molecule has 0 atom stereocenters. The lowest BCUT2D eigenvalue weighted by molar-refractivity contribution is 0.0691. The van der Waals surface area contributed by atoms with E-state index in [1.54, 1.807) is 0 Å². The van der Waals surface area contributed by atoms with Crippen LogP contribution in [0.5, 0.6) is 0 Å². The minimum atomic E-state index is -2.48. The van der Waals surface area contributed by atoms with Gasteiger partial charge < -0.3 is 5.11 Å². The zero-order valence-electron chi connectivity index (χ0n) is 7.41. The van der Waals surface area contributed by atoms with E-state index in [1.165, 1.54) is 6.07 Å². The molecule has 0 aliphatic rings. The maximum absolute atomic E-state index is 12.9. The Kier molecular flexibility index (Phi) is 4.02. The van der Waals surface area contributed by atoms with Crippen molar-refractivity contribution in [2.45, 2.75) is 11.3 Å². The van der Waals surface area contributed by atoms with Gasteiger partial charge in [0.05, 0.1) is 11.3 Å². The number of halogens is 3. The number of aromatic carboxylic acids is 1. The van der Waals surface area contributed by atoms with Crippen molar-refractivity contribution in [2.75, 3.05) is 5.75 Å². The van der Waals surface area contributed by atoms with Crippen molar-refractivity contribution >= 4 is 17.7 Å². The van der Waals surface area contributed by atoms with Gasteiger partial charge in [-0.15, -0.1) is 11.8 Å². The number of carboxylic acid groups (broad SMARTS) is 1. The first-order chi connectivity index (χ1) is 7.00. The number of carboxylic acids is 1. The maximum Gasteiger partial charge on any atom is 0.338 e. The van der Waals surface area contributed by atoms with Gasteiger partial charge in [0.2, 0.25) is 6.43 Å². The minimum absolute atomic E-state index is 0.314. The molecule has 82 valence electrons. The van der Waals surface area contributed by atoms with Crippen LogP contribution in [0.15, 0.2) is 23.1 Å². The van der Waals surface area contributed by atoms with E-state index in [9.17, 15) is 18.0 Å². The number of carbonyl (C=O) groups is 1. The normalized spacial score (nSPS) is 10.7. The number of rotatable bonds is 4. The van der Waals surface area contributed by atoms with Gasteiger partial charge in [-0.05, 0) is 18.2 Å². The van der Waals surface area contributed by atoms with Crippen LogP contribution < -0.4 is 0 Å². The molecule has 1 rings (SSSR count). The van der Waals surface area contributed by atoms with Crippen molar-refractivity contribution in [3.63, 3.8) is 0 Å². The van der Waals surface area contributed by atoms with Crippen LogP contribution in [-0.4, -0.2) is 23.3 Å². The number of hydrogen-bond acceptors (Lipinski definition) is 2. The van der Waals surface area contributed by atoms with Gasteiger partial charge >= 0.3 is 5.97 Å². The van der Waals surface area contributed by atoms with E-state index in [4.69, 9.17) is 5.11 Å². The molecule has 0 aliphatic heterocycles. The lowest BCUT2D eigenvalue weighted by atomic mass is 10.2. The lowest BCUT2D eigenvalue weighted by Crippen LogP contribution is -2.01. The molecule has 1 aromatic carbocycles. The predicted molar refractivity (Wildman–Crippen MR) is 50.1 cm³/mol. The molecule has 0 fully saturated rings. The molecule has 0 heterocycles. The summed E-state index contributed by atoms with van der Waals surface area (Å²) in [5, 5.41) is 8.57. The first-order valence-corrected chi connectivity index (χ1v) is 4.93. The van der Waals surface area contributed by atoms with E-state index in [2.05, 4.69) is 0 Å². The highest BCUT2D eigenvalue weighted by Gasteiger charge is 2.12. The highest BCUT2D eigenvalue weighted by molar-refractivity contribution is 7.99. The van der Waals surface area contributed by atoms with E-state index in [1.807, 2.05) is 0 Å². The topological polar surface area (TPSA) is 37.3 Å². The van der Waals surface area contributed by atoms with E-state index in [0.29, 0.717) is 4.90 Å². The fraction of sp³-hybridized carbons (Fsp3) is 0.222. The van der Waals surface area contributed by atoms with Crippen LogP contribution in [-0.2, 0) is 0 Å². The van der Waals surface area contributed by atoms with Gasteiger partial charge in [-0.3, -0.25) is 0 Å². The average Bonchev–Trinajstić information content (AvgIpc) is 2.16. The van der Waals surface area contributed by atoms with E-state index in [0.717, 1.165) is 23.9 Å². The molecule has 0 aromatic heterocycles. The molecule has 0 bridgehead atoms. The third-order valence-electron chi connectivity index (χ3n) is 1.54. The quantitative estimate of drug-likeness (QED) is 0.817. The molecular weight excluding hydrogens is 229 g/mol. The molecule has 0 amide bonds. The van der Waals surface area contributed by atoms with Crippen LogP contribution in [0.2, 0.25) is 0 Å². The third kappa shape index (κ3) is 3.47. The number of hydrogen-bond donors (Lipinski definition) is 1. The van der Waals surface area contributed by atoms with E-state index in [-0.39, 0.29) is 0 Å². The Morgan fingerprint density at radius 1 is 1.47 bits per heavy atom. The maximum atomic E-state index is 12.9. The zero-order valence-corrected chi connectivity index (χ0v) is 8.23. The summed E-state index contributed by atoms with van der Waals surface area (Å²) in [5.74, 6) is -2.72. The van der Waals surface area contributed by atoms with Gasteiger partial charge in [0.25, 0.3) is 0 Å². The molecule has 0 radical (unpaired) electrons. The average molecular weight is 236 g/mol. The molecule has 6 heteroatoms. The molecular formula is C9H7F3O2S. The van der Waals surface area contributed by atoms with Crippen LogP contribution in [0, 0.1) is 5.82 Å². The Morgan fingerprint density at radius 2 is 2.13 bits per heavy atom. The van der Waals surface area contributed by atoms with Crippen LogP contribution in [0.4, 0.5) is 13.2 Å². The minimum Gasteiger partial charge on any atom is -0.478 e. The van der Waals surface area contributed by atoms with Crippen molar-refractivity contribution in [1.29, 1.82) is 0 Å². The number of thioether (sulfide) groups is 1. The zero-order chi connectivity index (χ0) is 11.4. The van der Waals surface area contributed by atoms with Crippen LogP contribution in [0.25, 0.3) is 0 Å². The van der Waals surface area contributed by atoms with Gasteiger partial charge in [0.15, 0.2) is 0 Å². The molecule has 0 saturated heterocycles. The SMILES string of the molecule is O=C(O)c1cc(SCC(F)F)ccc1F. The second kappa shape index (κ2) is 5.06. The van der Waals surface area contributed by atoms with Gasteiger partial charge in [-0.1, -0.05) is 0 Å². The van der Waals surface area contributed by atoms with Crippen molar-refractivity contribution in [1.82, 2.24) is 0 Å². The summed E-state index contributed by atoms with van der Waals surface area (Å²) >= 11 is 0.789. The Bertz CT molecular complexity index is 368. The first-order valence-electron chi connectivity index (χ1n) is 3.94. The summed E-state index contributed by atoms with van der Waals surface area (Å²) in [7, 11) is 0. The summed E-state index contributed by atoms with van der Waals surface area (Å²) in [4.78, 5) is 10.8. The van der Waals surface area contributed by atoms with Gasteiger partial charge in [0.1, 0.15) is 5.82 Å². The Labute approximate surface area is 88.1 Å². The van der Waals surface area contributed by atoms with Crippen LogP contribution >= 0.6 is 11.8 Å². The summed E-state index contributed by atoms with van der Waals surface area (Å²) in [6, 6.07) is 3.27. The molecule has 0 saturated carbocycles. The predicted octanol–water partition coefficient (Wildman–Crippen LogP) is 2.88. The molecule has 0 unspecified atom stereocenters. The largest absolute Gasteiger partial charge is 0.478 e. The standard InChI is InChI=1S/C9H7F3O2S/c10-7-2-1-5(15-4-8(11)12)3-6(7)9(13)14/h1-3,8H,4H2,(H,13,14). The molecule has 1 aromatic rings. The number of benzene rings is 1. The van der Waals surface area contributed by atoms with Crippen LogP contribution in [0.1, 0.15) is 10.4 Å². The second-order valence-corrected chi connectivity index (χ2v) is 3.74. The highest BCUT2D eigenvalue weighted by Crippen LogP contribution is 2.22. The first kappa shape index (κ1) is 11.9. The van der Waals surface area contributed by atoms with Crippen molar-refractivity contribution in [3.05, 3.63) is 29.6 Å². The fourth-order valence-electron chi connectivity index (χ4n) is 0.917. The molecule has 0 spiro atoms. The summed E-state index contributed by atoms with van der Waals surface area (Å²) in [6.07, 6.45) is -2.48. The van der Waals surface area contributed by atoms with Crippen molar-refractivity contribution in [3.8, 4) is 0 Å². The molecule has 2 nitrogen and oxygen atoms in total. The lowest BCUT2D eigenvalue weighted by Gasteiger charge is -2.03. The second-order valence-electron chi connectivity index (χ2n) is 2.65. The molecule has 0 aliphatic carbocycles. The monoisotopic (exact) mass is 236 g/mol. The third-order valence-corrected chi connectivity index (χ3v) is 2.55. The Balaban J connectivity index is 2.83. The van der Waals surface area contributed by atoms with Gasteiger partial charge in [-0.2, -0.15) is 0 Å². The van der Waals surface area contributed by atoms with Gasteiger partial charge in [0, 0.05) is 4.90 Å². The van der Waals surface area contributed by atoms with Crippen molar-refractivity contribution < 1.29 is 23.1 Å². The highest BCUT2D eigenvalue weighted by atomic mass is 32.2. The summed E-state index contributed by atoms with van der Waals surface area (Å²) in [6.45, 7) is 0. The van der Waals surface area contributed by atoms with E-state index < -0.39 is 29.5 Å².